The molecule has 4 aromatic rings. The first-order chi connectivity index (χ1) is 14.0. The first-order valence-electron chi connectivity index (χ1n) is 9.93. The number of pyridine rings is 1. The number of hydrogen-bond donors (Lipinski definition) is 0. The van der Waals surface area contributed by atoms with Gasteiger partial charge in [-0.1, -0.05) is 24.3 Å². The van der Waals surface area contributed by atoms with Gasteiger partial charge in [-0.2, -0.15) is 0 Å². The first kappa shape index (κ1) is 15.9. The van der Waals surface area contributed by atoms with Gasteiger partial charge in [0.15, 0.2) is 11.5 Å². The van der Waals surface area contributed by atoms with Gasteiger partial charge in [0, 0.05) is 37.5 Å². The van der Waals surface area contributed by atoms with Crippen LogP contribution in [0.15, 0.2) is 57.7 Å². The lowest BCUT2D eigenvalue weighted by Gasteiger charge is -2.33. The molecule has 5 rings (SSSR count). The summed E-state index contributed by atoms with van der Waals surface area (Å²) in [6.07, 6.45) is 1.58. The molecule has 0 saturated carbocycles. The van der Waals surface area contributed by atoms with Gasteiger partial charge < -0.3 is 13.9 Å². The molecule has 0 atom stereocenters. The molecule has 1 fully saturated rings. The lowest BCUT2D eigenvalue weighted by molar-refractivity contribution is 0.407. The van der Waals surface area contributed by atoms with Gasteiger partial charge >= 0.3 is 0 Å². The standard InChI is InChI=1S/C22H20FN3O2/c1-25-20(27)13-18(15-5-4-6-16(23)21(15)25)26-11-9-14(10-12-26)22-24-17-7-2-3-8-19(17)28-22/h2-8,13-14H,9-12H2,1H3/i13D. The highest BCUT2D eigenvalue weighted by Crippen LogP contribution is 2.34. The normalized spacial score (nSPS) is 16.1. The third-order valence-electron chi connectivity index (χ3n) is 5.58. The topological polar surface area (TPSA) is 51.3 Å². The summed E-state index contributed by atoms with van der Waals surface area (Å²) in [5.41, 5.74) is 1.90. The van der Waals surface area contributed by atoms with Gasteiger partial charge in [0.05, 0.1) is 12.6 Å². The van der Waals surface area contributed by atoms with Crippen LogP contribution >= 0.6 is 0 Å². The fourth-order valence-electron chi connectivity index (χ4n) is 4.07. The van der Waals surface area contributed by atoms with Crippen molar-refractivity contribution in [3.8, 4) is 0 Å². The zero-order chi connectivity index (χ0) is 20.1. The van der Waals surface area contributed by atoms with Crippen LogP contribution in [0.25, 0.3) is 22.0 Å². The van der Waals surface area contributed by atoms with Crippen LogP contribution in [0, 0.1) is 5.82 Å². The average Bonchev–Trinajstić information content (AvgIpc) is 3.17. The summed E-state index contributed by atoms with van der Waals surface area (Å²) >= 11 is 0. The van der Waals surface area contributed by atoms with Crippen molar-refractivity contribution in [2.75, 3.05) is 18.0 Å². The molecule has 28 heavy (non-hydrogen) atoms. The second-order valence-electron chi connectivity index (χ2n) is 7.25. The second-order valence-corrected chi connectivity index (χ2v) is 7.25. The number of halogens is 1. The number of fused-ring (bicyclic) bond motifs is 2. The molecule has 0 unspecified atom stereocenters. The van der Waals surface area contributed by atoms with Gasteiger partial charge in [-0.05, 0) is 31.0 Å². The minimum Gasteiger partial charge on any atom is -0.440 e. The molecule has 2 aromatic carbocycles. The van der Waals surface area contributed by atoms with E-state index < -0.39 is 11.4 Å². The van der Waals surface area contributed by atoms with E-state index in [4.69, 9.17) is 5.79 Å². The second kappa shape index (κ2) is 6.48. The maximum absolute atomic E-state index is 14.4. The van der Waals surface area contributed by atoms with Crippen LogP contribution in [0.5, 0.6) is 0 Å². The third kappa shape index (κ3) is 2.68. The molecule has 0 amide bonds. The van der Waals surface area contributed by atoms with Crippen molar-refractivity contribution in [1.29, 1.82) is 0 Å². The van der Waals surface area contributed by atoms with Crippen LogP contribution < -0.4 is 10.5 Å². The Morgan fingerprint density at radius 2 is 1.96 bits per heavy atom. The number of benzene rings is 2. The van der Waals surface area contributed by atoms with Crippen molar-refractivity contribution in [1.82, 2.24) is 9.55 Å². The van der Waals surface area contributed by atoms with Crippen LogP contribution in [-0.2, 0) is 7.05 Å². The maximum atomic E-state index is 14.4. The third-order valence-corrected chi connectivity index (χ3v) is 5.58. The molecule has 0 spiro atoms. The Kier molecular flexibility index (Phi) is 3.67. The minimum absolute atomic E-state index is 0.0917. The first-order valence-corrected chi connectivity index (χ1v) is 9.43. The Hall–Kier alpha value is -3.15. The van der Waals surface area contributed by atoms with Crippen LogP contribution in [0.4, 0.5) is 10.1 Å². The van der Waals surface area contributed by atoms with Gasteiger partial charge in [-0.3, -0.25) is 4.79 Å². The largest absolute Gasteiger partial charge is 0.440 e. The highest BCUT2D eigenvalue weighted by molar-refractivity contribution is 5.92. The van der Waals surface area contributed by atoms with E-state index in [2.05, 4.69) is 4.98 Å². The van der Waals surface area contributed by atoms with Crippen molar-refractivity contribution in [3.63, 3.8) is 0 Å². The van der Waals surface area contributed by atoms with E-state index in [9.17, 15) is 9.18 Å². The molecule has 1 aliphatic heterocycles. The molecular formula is C22H20FN3O2. The summed E-state index contributed by atoms with van der Waals surface area (Å²) in [4.78, 5) is 19.2. The number of nitrogens with zero attached hydrogens (tertiary/aromatic N) is 3. The predicted molar refractivity (Wildman–Crippen MR) is 107 cm³/mol. The summed E-state index contributed by atoms with van der Waals surface area (Å²) in [5, 5.41) is 0.595. The van der Waals surface area contributed by atoms with Gasteiger partial charge in [0.25, 0.3) is 5.56 Å². The number of hydrogen-bond acceptors (Lipinski definition) is 4. The van der Waals surface area contributed by atoms with Gasteiger partial charge in [-0.25, -0.2) is 9.37 Å². The van der Waals surface area contributed by atoms with Crippen LogP contribution in [0.3, 0.4) is 0 Å². The Morgan fingerprint density at radius 1 is 1.18 bits per heavy atom. The summed E-state index contributed by atoms with van der Waals surface area (Å²) in [5.74, 6) is 0.462. The maximum Gasteiger partial charge on any atom is 0.252 e. The van der Waals surface area contributed by atoms with Crippen LogP contribution in [0.1, 0.15) is 26.0 Å². The Labute approximate surface area is 162 Å². The number of aryl methyl sites for hydroxylation is 1. The highest BCUT2D eigenvalue weighted by atomic mass is 19.1. The van der Waals surface area contributed by atoms with Gasteiger partial charge in [-0.15, -0.1) is 0 Å². The van der Waals surface area contributed by atoms with E-state index in [0.717, 1.165) is 29.8 Å². The number of aromatic nitrogens is 2. The Balaban J connectivity index is 1.49. The Bertz CT molecular complexity index is 1260. The van der Waals surface area contributed by atoms with E-state index in [1.807, 2.05) is 29.2 Å². The van der Waals surface area contributed by atoms with Gasteiger partial charge in [0.1, 0.15) is 11.3 Å². The molecule has 0 N–H and O–H groups in total. The minimum atomic E-state index is -0.487. The van der Waals surface area contributed by atoms with Gasteiger partial charge in [0.2, 0.25) is 0 Å². The predicted octanol–water partition coefficient (Wildman–Crippen LogP) is 4.20. The molecule has 0 aliphatic carbocycles. The molecule has 6 heteroatoms. The highest BCUT2D eigenvalue weighted by Gasteiger charge is 2.26. The lowest BCUT2D eigenvalue weighted by atomic mass is 9.96. The summed E-state index contributed by atoms with van der Waals surface area (Å²) < 4.78 is 30.0. The number of anilines is 1. The summed E-state index contributed by atoms with van der Waals surface area (Å²) in [6.45, 7) is 1.29. The SMILES string of the molecule is [2H]c1c(N2CCC(c3nc4ccccc4o3)CC2)c2cccc(F)c2n(C)c1=O. The number of rotatable bonds is 2. The molecule has 1 saturated heterocycles. The van der Waals surface area contributed by atoms with Crippen molar-refractivity contribution in [3.05, 3.63) is 70.6 Å². The molecular weight excluding hydrogens is 357 g/mol. The van der Waals surface area contributed by atoms with E-state index in [1.165, 1.54) is 17.7 Å². The van der Waals surface area contributed by atoms with Crippen LogP contribution in [0.2, 0.25) is 0 Å². The van der Waals surface area contributed by atoms with Crippen molar-refractivity contribution >= 4 is 27.7 Å². The Morgan fingerprint density at radius 3 is 2.75 bits per heavy atom. The summed E-state index contributed by atoms with van der Waals surface area (Å²) in [7, 11) is 1.51. The van der Waals surface area contributed by atoms with E-state index >= 15 is 0 Å². The van der Waals surface area contributed by atoms with Crippen molar-refractivity contribution < 1.29 is 10.2 Å². The van der Waals surface area contributed by atoms with E-state index in [0.29, 0.717) is 24.2 Å². The fraction of sp³-hybridized carbons (Fsp3) is 0.273. The molecule has 1 aliphatic rings. The molecule has 0 bridgehead atoms. The van der Waals surface area contributed by atoms with Crippen LogP contribution in [-0.4, -0.2) is 22.6 Å². The zero-order valence-corrected chi connectivity index (χ0v) is 15.5. The average molecular weight is 378 g/mol. The molecule has 2 aromatic heterocycles. The number of piperidine rings is 1. The monoisotopic (exact) mass is 378 g/mol. The smallest absolute Gasteiger partial charge is 0.252 e. The zero-order valence-electron chi connectivity index (χ0n) is 16.5. The van der Waals surface area contributed by atoms with Crippen molar-refractivity contribution in [2.45, 2.75) is 18.8 Å². The van der Waals surface area contributed by atoms with E-state index in [1.54, 1.807) is 12.1 Å². The molecule has 5 nitrogen and oxygen atoms in total. The quantitative estimate of drug-likeness (QED) is 0.525. The fourth-order valence-corrected chi connectivity index (χ4v) is 4.07. The van der Waals surface area contributed by atoms with Crippen molar-refractivity contribution in [2.24, 2.45) is 7.05 Å². The lowest BCUT2D eigenvalue weighted by Crippen LogP contribution is -2.34. The molecule has 3 heterocycles. The summed E-state index contributed by atoms with van der Waals surface area (Å²) in [6, 6.07) is 12.4. The molecule has 142 valence electrons. The number of oxazole rings is 1. The molecule has 0 radical (unpaired) electrons. The van der Waals surface area contributed by atoms with E-state index in [-0.39, 0.29) is 17.5 Å². The number of para-hydroxylation sites is 3.